The second-order valence-corrected chi connectivity index (χ2v) is 8.83. The summed E-state index contributed by atoms with van der Waals surface area (Å²) >= 11 is 0. The second kappa shape index (κ2) is 14.2. The molecule has 1 heterocycles. The average molecular weight is 447 g/mol. The van der Waals surface area contributed by atoms with Gasteiger partial charge in [-0.2, -0.15) is 0 Å². The zero-order valence-corrected chi connectivity index (χ0v) is 21.0. The molecule has 33 heavy (non-hydrogen) atoms. The lowest BCUT2D eigenvalue weighted by molar-refractivity contribution is 0.346. The Balaban J connectivity index is 0.00000265. The minimum Gasteiger partial charge on any atom is -0.489 e. The third-order valence-corrected chi connectivity index (χ3v) is 5.88. The molecule has 0 aromatic heterocycles. The maximum absolute atomic E-state index is 6.37. The maximum Gasteiger partial charge on any atom is 0.125 e. The van der Waals surface area contributed by atoms with E-state index in [9.17, 15) is 0 Å². The molecule has 2 rings (SSSR count). The van der Waals surface area contributed by atoms with Crippen LogP contribution in [0.3, 0.4) is 0 Å². The molecule has 0 fully saturated rings. The maximum atomic E-state index is 6.37. The highest BCUT2D eigenvalue weighted by Crippen LogP contribution is 2.44. The fraction of sp³-hybridized carbons (Fsp3) is 0.400. The molecule has 0 saturated carbocycles. The molecule has 2 N–H and O–H groups in total. The Labute approximate surface area is 202 Å². The number of hydrogen-bond acceptors (Lipinski definition) is 3. The van der Waals surface area contributed by atoms with Gasteiger partial charge in [0.1, 0.15) is 12.4 Å². The number of terminal acetylenes is 1. The molecular formula is C30H42N2O. The van der Waals surface area contributed by atoms with Gasteiger partial charge in [0.05, 0.1) is 0 Å². The van der Waals surface area contributed by atoms with E-state index in [0.717, 1.165) is 49.2 Å². The number of ether oxygens (including phenoxy) is 1. The van der Waals surface area contributed by atoms with Gasteiger partial charge in [-0.05, 0) is 54.9 Å². The lowest BCUT2D eigenvalue weighted by atomic mass is 9.76. The molecule has 1 atom stereocenters. The van der Waals surface area contributed by atoms with Crippen molar-refractivity contribution in [1.29, 1.82) is 0 Å². The quantitative estimate of drug-likeness (QED) is 0.293. The van der Waals surface area contributed by atoms with Crippen LogP contribution in [0.1, 0.15) is 64.1 Å². The molecule has 0 amide bonds. The van der Waals surface area contributed by atoms with E-state index in [2.05, 4.69) is 82.0 Å². The van der Waals surface area contributed by atoms with Crippen LogP contribution in [-0.2, 0) is 5.41 Å². The summed E-state index contributed by atoms with van der Waals surface area (Å²) in [4.78, 5) is 2.49. The van der Waals surface area contributed by atoms with Gasteiger partial charge in [0.2, 0.25) is 0 Å². The van der Waals surface area contributed by atoms with Crippen molar-refractivity contribution in [3.05, 3.63) is 84.5 Å². The van der Waals surface area contributed by atoms with Crippen LogP contribution in [0.4, 0.5) is 5.69 Å². The Morgan fingerprint density at radius 3 is 2.58 bits per heavy atom. The number of nitrogens with zero attached hydrogens (tertiary/aromatic N) is 1. The predicted octanol–water partition coefficient (Wildman–Crippen LogP) is 7.03. The van der Waals surface area contributed by atoms with Crippen molar-refractivity contribution in [1.82, 2.24) is 0 Å². The van der Waals surface area contributed by atoms with Crippen LogP contribution < -0.4 is 15.4 Å². The van der Waals surface area contributed by atoms with Crippen molar-refractivity contribution < 1.29 is 4.74 Å². The molecule has 0 aliphatic carbocycles. The Hall–Kier alpha value is -2.96. The van der Waals surface area contributed by atoms with Gasteiger partial charge < -0.3 is 15.4 Å². The lowest BCUT2D eigenvalue weighted by Gasteiger charge is -2.41. The summed E-state index contributed by atoms with van der Waals surface area (Å²) in [5, 5.41) is 0. The van der Waals surface area contributed by atoms with Gasteiger partial charge in [-0.15, -0.1) is 12.8 Å². The van der Waals surface area contributed by atoms with Gasteiger partial charge in [0.15, 0.2) is 0 Å². The third kappa shape index (κ3) is 8.15. The summed E-state index contributed by atoms with van der Waals surface area (Å²) in [6.45, 7) is 19.0. The molecule has 0 saturated heterocycles. The highest BCUT2D eigenvalue weighted by Gasteiger charge is 2.32. The largest absolute Gasteiger partial charge is 0.489 e. The first-order chi connectivity index (χ1) is 15.8. The first kappa shape index (κ1) is 28.1. The number of fused-ring (bicyclic) bond motifs is 1. The van der Waals surface area contributed by atoms with Crippen LogP contribution >= 0.6 is 0 Å². The number of allylic oxidation sites excluding steroid dienone is 5. The molecule has 0 bridgehead atoms. The van der Waals surface area contributed by atoms with E-state index in [1.807, 2.05) is 25.2 Å². The molecule has 0 radical (unpaired) electrons. The summed E-state index contributed by atoms with van der Waals surface area (Å²) in [5.41, 5.74) is 11.3. The molecule has 1 unspecified atom stereocenters. The molecule has 0 spiro atoms. The minimum atomic E-state index is -0.0986. The zero-order chi connectivity index (χ0) is 24.9. The zero-order valence-electron chi connectivity index (χ0n) is 21.0. The Morgan fingerprint density at radius 2 is 1.97 bits per heavy atom. The van der Waals surface area contributed by atoms with Crippen LogP contribution in [-0.4, -0.2) is 19.7 Å². The van der Waals surface area contributed by atoms with E-state index in [-0.39, 0.29) is 11.5 Å². The fourth-order valence-corrected chi connectivity index (χ4v) is 3.94. The number of benzene rings is 1. The van der Waals surface area contributed by atoms with Gasteiger partial charge in [0.25, 0.3) is 0 Å². The van der Waals surface area contributed by atoms with E-state index in [1.165, 1.54) is 11.3 Å². The van der Waals surface area contributed by atoms with Gasteiger partial charge in [-0.3, -0.25) is 0 Å². The predicted molar refractivity (Wildman–Crippen MR) is 146 cm³/mol. The summed E-state index contributed by atoms with van der Waals surface area (Å²) in [5.74, 6) is 0.891. The smallest absolute Gasteiger partial charge is 0.125 e. The molecule has 1 aromatic rings. The van der Waals surface area contributed by atoms with Crippen LogP contribution in [0.15, 0.2) is 73.4 Å². The summed E-state index contributed by atoms with van der Waals surface area (Å²) < 4.78 is 6.27. The van der Waals surface area contributed by atoms with Crippen molar-refractivity contribution >= 4 is 5.69 Å². The van der Waals surface area contributed by atoms with E-state index in [0.29, 0.717) is 6.61 Å². The van der Waals surface area contributed by atoms with Gasteiger partial charge in [0, 0.05) is 30.4 Å². The minimum absolute atomic E-state index is 0.0986. The first-order valence-electron chi connectivity index (χ1n) is 11.7. The van der Waals surface area contributed by atoms with Crippen molar-refractivity contribution in [3.8, 4) is 18.6 Å². The number of rotatable bonds is 11. The van der Waals surface area contributed by atoms with Crippen molar-refractivity contribution in [3.63, 3.8) is 0 Å². The lowest BCUT2D eigenvalue weighted by Crippen LogP contribution is -2.38. The van der Waals surface area contributed by atoms with Crippen molar-refractivity contribution in [2.24, 2.45) is 5.73 Å². The number of hydrogen-bond donors (Lipinski definition) is 1. The van der Waals surface area contributed by atoms with E-state index in [4.69, 9.17) is 10.5 Å². The highest BCUT2D eigenvalue weighted by molar-refractivity contribution is 5.64. The standard InChI is InChI=1S/C28H40N2O.C2H2/c1-7-10-11-12-13-14-17-30-18-16-28(5,6)25-20-27(24(22(4)29)19-26(25)30)31-21-23(9-3)15-8-2;1-2/h7,9-13,15,19-20,22H,1,3,8,14,16-18,21,29H2,2,4-6H3;1-2H/b11-10-,13-12-,23-15+;. The van der Waals surface area contributed by atoms with E-state index < -0.39 is 0 Å². The van der Waals surface area contributed by atoms with Gasteiger partial charge in [-0.1, -0.05) is 76.5 Å². The molecule has 1 aliphatic heterocycles. The third-order valence-electron chi connectivity index (χ3n) is 5.88. The van der Waals surface area contributed by atoms with Crippen LogP contribution in [0.25, 0.3) is 0 Å². The number of anilines is 1. The van der Waals surface area contributed by atoms with E-state index in [1.54, 1.807) is 6.08 Å². The van der Waals surface area contributed by atoms with Gasteiger partial charge >= 0.3 is 0 Å². The van der Waals surface area contributed by atoms with Crippen molar-refractivity contribution in [2.45, 2.75) is 58.4 Å². The molecule has 1 aromatic carbocycles. The van der Waals surface area contributed by atoms with E-state index >= 15 is 0 Å². The van der Waals surface area contributed by atoms with Crippen LogP contribution in [0.2, 0.25) is 0 Å². The van der Waals surface area contributed by atoms with Gasteiger partial charge in [-0.25, -0.2) is 0 Å². The molecule has 3 heteroatoms. The monoisotopic (exact) mass is 446 g/mol. The average Bonchev–Trinajstić information content (AvgIpc) is 2.81. The normalized spacial score (nSPS) is 16.1. The van der Waals surface area contributed by atoms with Crippen molar-refractivity contribution in [2.75, 3.05) is 24.6 Å². The molecular weight excluding hydrogens is 404 g/mol. The fourth-order valence-electron chi connectivity index (χ4n) is 3.94. The first-order valence-corrected chi connectivity index (χ1v) is 11.7. The highest BCUT2D eigenvalue weighted by atomic mass is 16.5. The number of nitrogens with two attached hydrogens (primary N) is 1. The summed E-state index contributed by atoms with van der Waals surface area (Å²) in [6, 6.07) is 4.39. The van der Waals surface area contributed by atoms with Crippen LogP contribution in [0, 0.1) is 12.8 Å². The Morgan fingerprint density at radius 1 is 1.24 bits per heavy atom. The van der Waals surface area contributed by atoms with Crippen LogP contribution in [0.5, 0.6) is 5.75 Å². The second-order valence-electron chi connectivity index (χ2n) is 8.83. The molecule has 3 nitrogen and oxygen atoms in total. The summed E-state index contributed by atoms with van der Waals surface area (Å²) in [7, 11) is 0. The Kier molecular flexibility index (Phi) is 12.1. The Bertz CT molecular complexity index is 884. The molecule has 1 aliphatic rings. The SMILES string of the molecule is C#C.C=C/C=C\C=C/CCN1CCC(C)(C)c2cc(OC/C(C=C)=C/CC)c(C(C)N)cc21. The summed E-state index contributed by atoms with van der Waals surface area (Å²) in [6.07, 6.45) is 25.1. The topological polar surface area (TPSA) is 38.5 Å². The molecule has 178 valence electrons.